The second kappa shape index (κ2) is 5.77. The molecule has 2 aromatic rings. The third kappa shape index (κ3) is 2.52. The standard InChI is InChI=1S/C15H20N4O/c1-4-11-9-12(5-2)19(17-11)14-8-10(3)6-7-13(14)15(16)18-20/h6-9,20H,4-5H2,1-3H3,(H2,16,18). The molecule has 3 N–H and O–H groups in total. The van der Waals surface area contributed by atoms with Crippen LogP contribution in [0.3, 0.4) is 0 Å². The van der Waals surface area contributed by atoms with Gasteiger partial charge in [-0.05, 0) is 43.5 Å². The first kappa shape index (κ1) is 14.1. The molecule has 0 saturated heterocycles. The summed E-state index contributed by atoms with van der Waals surface area (Å²) in [6.07, 6.45) is 1.75. The average molecular weight is 272 g/mol. The van der Waals surface area contributed by atoms with Crippen molar-refractivity contribution in [3.05, 3.63) is 46.8 Å². The first-order chi connectivity index (χ1) is 9.60. The van der Waals surface area contributed by atoms with Crippen LogP contribution in [0.5, 0.6) is 0 Å². The van der Waals surface area contributed by atoms with E-state index in [1.165, 1.54) is 0 Å². The highest BCUT2D eigenvalue weighted by Crippen LogP contribution is 2.20. The van der Waals surface area contributed by atoms with Crippen LogP contribution in [0, 0.1) is 6.92 Å². The Kier molecular flexibility index (Phi) is 4.08. The van der Waals surface area contributed by atoms with Crippen molar-refractivity contribution in [1.29, 1.82) is 0 Å². The fraction of sp³-hybridized carbons (Fsp3) is 0.333. The second-order valence-corrected chi connectivity index (χ2v) is 4.75. The van der Waals surface area contributed by atoms with E-state index in [-0.39, 0.29) is 5.84 Å². The third-order valence-electron chi connectivity index (χ3n) is 3.32. The number of hydrogen-bond donors (Lipinski definition) is 2. The molecule has 0 unspecified atom stereocenters. The quantitative estimate of drug-likeness (QED) is 0.388. The second-order valence-electron chi connectivity index (χ2n) is 4.75. The molecular formula is C15H20N4O. The van der Waals surface area contributed by atoms with Gasteiger partial charge in [0.05, 0.1) is 11.4 Å². The molecule has 0 bridgehead atoms. The van der Waals surface area contributed by atoms with Crippen LogP contribution < -0.4 is 5.73 Å². The van der Waals surface area contributed by atoms with Gasteiger partial charge >= 0.3 is 0 Å². The Labute approximate surface area is 118 Å². The molecule has 0 aliphatic heterocycles. The van der Waals surface area contributed by atoms with Crippen LogP contribution in [0.2, 0.25) is 0 Å². The van der Waals surface area contributed by atoms with Gasteiger partial charge in [-0.25, -0.2) is 4.68 Å². The molecule has 5 heteroatoms. The van der Waals surface area contributed by atoms with Gasteiger partial charge in [0.2, 0.25) is 0 Å². The van der Waals surface area contributed by atoms with Crippen LogP contribution in [0.15, 0.2) is 29.4 Å². The molecule has 0 amide bonds. The van der Waals surface area contributed by atoms with Gasteiger partial charge < -0.3 is 10.9 Å². The molecule has 20 heavy (non-hydrogen) atoms. The van der Waals surface area contributed by atoms with Crippen molar-refractivity contribution >= 4 is 5.84 Å². The maximum atomic E-state index is 8.94. The number of hydrogen-bond acceptors (Lipinski definition) is 3. The van der Waals surface area contributed by atoms with Crippen molar-refractivity contribution in [2.75, 3.05) is 0 Å². The van der Waals surface area contributed by atoms with Gasteiger partial charge in [0.1, 0.15) is 0 Å². The fourth-order valence-corrected chi connectivity index (χ4v) is 2.20. The molecule has 5 nitrogen and oxygen atoms in total. The highest BCUT2D eigenvalue weighted by atomic mass is 16.4. The highest BCUT2D eigenvalue weighted by molar-refractivity contribution is 6.00. The predicted molar refractivity (Wildman–Crippen MR) is 79.6 cm³/mol. The maximum absolute atomic E-state index is 8.94. The molecule has 0 spiro atoms. The van der Waals surface area contributed by atoms with Crippen LogP contribution in [0.1, 0.15) is 36.4 Å². The summed E-state index contributed by atoms with van der Waals surface area (Å²) in [6, 6.07) is 7.89. The molecule has 0 saturated carbocycles. The fourth-order valence-electron chi connectivity index (χ4n) is 2.20. The third-order valence-corrected chi connectivity index (χ3v) is 3.32. The lowest BCUT2D eigenvalue weighted by molar-refractivity contribution is 0.318. The molecule has 1 aromatic carbocycles. The Morgan fingerprint density at radius 2 is 2.05 bits per heavy atom. The van der Waals surface area contributed by atoms with Crippen molar-refractivity contribution in [2.24, 2.45) is 10.9 Å². The summed E-state index contributed by atoms with van der Waals surface area (Å²) in [5, 5.41) is 16.7. The van der Waals surface area contributed by atoms with E-state index in [1.54, 1.807) is 0 Å². The monoisotopic (exact) mass is 272 g/mol. The molecule has 0 atom stereocenters. The Bertz CT molecular complexity index is 643. The number of nitrogens with two attached hydrogens (primary N) is 1. The number of benzene rings is 1. The van der Waals surface area contributed by atoms with Crippen LogP contribution in [0.4, 0.5) is 0 Å². The zero-order valence-electron chi connectivity index (χ0n) is 12.1. The van der Waals surface area contributed by atoms with Gasteiger partial charge in [-0.3, -0.25) is 0 Å². The van der Waals surface area contributed by atoms with E-state index in [4.69, 9.17) is 10.9 Å². The summed E-state index contributed by atoms with van der Waals surface area (Å²) < 4.78 is 1.89. The van der Waals surface area contributed by atoms with Gasteiger partial charge in [-0.2, -0.15) is 5.10 Å². The Morgan fingerprint density at radius 1 is 1.30 bits per heavy atom. The minimum Gasteiger partial charge on any atom is -0.409 e. The summed E-state index contributed by atoms with van der Waals surface area (Å²) in [5.74, 6) is 0.0931. The Hall–Kier alpha value is -2.30. The molecule has 2 rings (SSSR count). The molecule has 0 aliphatic rings. The van der Waals surface area contributed by atoms with Gasteiger partial charge in [0.25, 0.3) is 0 Å². The van der Waals surface area contributed by atoms with E-state index >= 15 is 0 Å². The number of rotatable bonds is 4. The van der Waals surface area contributed by atoms with E-state index in [0.717, 1.165) is 35.5 Å². The number of amidine groups is 1. The molecular weight excluding hydrogens is 252 g/mol. The summed E-state index contributed by atoms with van der Waals surface area (Å²) in [5.41, 5.74) is 10.5. The topological polar surface area (TPSA) is 76.4 Å². The van der Waals surface area contributed by atoms with Gasteiger partial charge in [-0.1, -0.05) is 25.1 Å². The van der Waals surface area contributed by atoms with E-state index in [1.807, 2.05) is 29.8 Å². The van der Waals surface area contributed by atoms with Crippen molar-refractivity contribution in [3.8, 4) is 5.69 Å². The lowest BCUT2D eigenvalue weighted by atomic mass is 10.1. The van der Waals surface area contributed by atoms with Crippen molar-refractivity contribution in [3.63, 3.8) is 0 Å². The Balaban J connectivity index is 2.67. The number of oxime groups is 1. The molecule has 0 radical (unpaired) electrons. The summed E-state index contributed by atoms with van der Waals surface area (Å²) in [4.78, 5) is 0. The lowest BCUT2D eigenvalue weighted by Gasteiger charge is -2.12. The molecule has 1 aromatic heterocycles. The van der Waals surface area contributed by atoms with Crippen LogP contribution in [-0.4, -0.2) is 20.8 Å². The van der Waals surface area contributed by atoms with Crippen LogP contribution in [0.25, 0.3) is 5.69 Å². The molecule has 106 valence electrons. The first-order valence-corrected chi connectivity index (χ1v) is 6.77. The first-order valence-electron chi connectivity index (χ1n) is 6.77. The summed E-state index contributed by atoms with van der Waals surface area (Å²) in [7, 11) is 0. The SMILES string of the molecule is CCc1cc(CC)n(-c2cc(C)ccc2/C(N)=N/O)n1. The normalized spacial score (nSPS) is 11.8. The minimum atomic E-state index is 0.0931. The molecule has 0 fully saturated rings. The highest BCUT2D eigenvalue weighted by Gasteiger charge is 2.14. The smallest absolute Gasteiger partial charge is 0.172 e. The lowest BCUT2D eigenvalue weighted by Crippen LogP contribution is -2.17. The van der Waals surface area contributed by atoms with Crippen LogP contribution >= 0.6 is 0 Å². The van der Waals surface area contributed by atoms with Crippen molar-refractivity contribution in [2.45, 2.75) is 33.6 Å². The average Bonchev–Trinajstić information content (AvgIpc) is 2.89. The van der Waals surface area contributed by atoms with Gasteiger partial charge in [-0.15, -0.1) is 0 Å². The number of aryl methyl sites for hydroxylation is 3. The van der Waals surface area contributed by atoms with E-state index < -0.39 is 0 Å². The van der Waals surface area contributed by atoms with Crippen LogP contribution in [-0.2, 0) is 12.8 Å². The maximum Gasteiger partial charge on any atom is 0.172 e. The molecule has 0 aliphatic carbocycles. The van der Waals surface area contributed by atoms with E-state index in [0.29, 0.717) is 5.56 Å². The van der Waals surface area contributed by atoms with Gasteiger partial charge in [0, 0.05) is 11.3 Å². The molecule has 1 heterocycles. The number of nitrogens with zero attached hydrogens (tertiary/aromatic N) is 3. The Morgan fingerprint density at radius 3 is 2.65 bits per heavy atom. The van der Waals surface area contributed by atoms with E-state index in [2.05, 4.69) is 30.2 Å². The van der Waals surface area contributed by atoms with Gasteiger partial charge in [0.15, 0.2) is 5.84 Å². The zero-order chi connectivity index (χ0) is 14.7. The number of aromatic nitrogens is 2. The van der Waals surface area contributed by atoms with Crippen molar-refractivity contribution < 1.29 is 5.21 Å². The van der Waals surface area contributed by atoms with Crippen molar-refractivity contribution in [1.82, 2.24) is 9.78 Å². The van der Waals surface area contributed by atoms with E-state index in [9.17, 15) is 0 Å². The zero-order valence-corrected chi connectivity index (χ0v) is 12.1. The minimum absolute atomic E-state index is 0.0931. The summed E-state index contributed by atoms with van der Waals surface area (Å²) in [6.45, 7) is 6.17. The largest absolute Gasteiger partial charge is 0.409 e. The predicted octanol–water partition coefficient (Wildman–Crippen LogP) is 2.40. The summed E-state index contributed by atoms with van der Waals surface area (Å²) >= 11 is 0.